The van der Waals surface area contributed by atoms with Gasteiger partial charge in [-0.3, -0.25) is 0 Å². The molecule has 0 saturated carbocycles. The lowest BCUT2D eigenvalue weighted by Crippen LogP contribution is -2.03. The van der Waals surface area contributed by atoms with E-state index in [-0.39, 0.29) is 13.2 Å². The van der Waals surface area contributed by atoms with Gasteiger partial charge in [-0.1, -0.05) is 43.3 Å². The Hall–Kier alpha value is -1.54. The molecule has 0 atom stereocenters. The van der Waals surface area contributed by atoms with E-state index in [1.165, 1.54) is 0 Å². The van der Waals surface area contributed by atoms with Gasteiger partial charge < -0.3 is 4.74 Å². The first-order chi connectivity index (χ1) is 7.86. The summed E-state index contributed by atoms with van der Waals surface area (Å²) in [4.78, 5) is 0. The number of hydrogen-bond acceptors (Lipinski definition) is 1. The van der Waals surface area contributed by atoms with Gasteiger partial charge in [0.25, 0.3) is 0 Å². The summed E-state index contributed by atoms with van der Waals surface area (Å²) in [6.07, 6.45) is 0.916. The topological polar surface area (TPSA) is 29.1 Å². The molecular weight excluding hydrogens is 200 g/mol. The smallest absolute Gasteiger partial charge is 0.130 e. The molecule has 1 radical (unpaired) electrons. The largest absolute Gasteiger partial charge is 0.490 e. The first-order valence-electron chi connectivity index (χ1n) is 5.58. The Labute approximate surface area is 95.5 Å². The molecule has 0 aliphatic heterocycles. The summed E-state index contributed by atoms with van der Waals surface area (Å²) in [6.45, 7) is 2.13. The predicted octanol–water partition coefficient (Wildman–Crippen LogP) is 3.21. The molecule has 0 heterocycles. The van der Waals surface area contributed by atoms with Gasteiger partial charge in [-0.15, -0.1) is 0 Å². The third kappa shape index (κ3) is 2.02. The number of rotatable bonds is 4. The van der Waals surface area contributed by atoms with Crippen LogP contribution in [-0.2, 0) is 11.5 Å². The molecule has 0 amide bonds. The lowest BCUT2D eigenvalue weighted by Gasteiger charge is -2.12. The molecular formula is C14H15O2. The van der Waals surface area contributed by atoms with E-state index in [2.05, 4.69) is 25.1 Å². The van der Waals surface area contributed by atoms with Crippen molar-refractivity contribution in [2.24, 2.45) is 0 Å². The monoisotopic (exact) mass is 215 g/mol. The molecule has 2 aromatic rings. The van der Waals surface area contributed by atoms with Crippen molar-refractivity contribution in [2.45, 2.75) is 13.3 Å². The Kier molecular flexibility index (Phi) is 3.42. The van der Waals surface area contributed by atoms with E-state index < -0.39 is 0 Å². The second-order valence-electron chi connectivity index (χ2n) is 3.68. The van der Waals surface area contributed by atoms with Crippen LogP contribution in [0.25, 0.3) is 10.8 Å². The van der Waals surface area contributed by atoms with Crippen LogP contribution in [0.3, 0.4) is 0 Å². The van der Waals surface area contributed by atoms with Crippen LogP contribution in [0.1, 0.15) is 12.5 Å². The minimum absolute atomic E-state index is 0.202. The molecule has 0 bridgehead atoms. The molecule has 16 heavy (non-hydrogen) atoms. The summed E-state index contributed by atoms with van der Waals surface area (Å²) in [5.41, 5.74) is 1.16. The van der Waals surface area contributed by atoms with E-state index in [4.69, 9.17) is 4.74 Å². The number of benzene rings is 2. The van der Waals surface area contributed by atoms with Gasteiger partial charge in [-0.2, -0.15) is 0 Å². The van der Waals surface area contributed by atoms with E-state index in [0.29, 0.717) is 0 Å². The summed E-state index contributed by atoms with van der Waals surface area (Å²) in [7, 11) is 0. The summed E-state index contributed by atoms with van der Waals surface area (Å²) >= 11 is 0. The van der Waals surface area contributed by atoms with Gasteiger partial charge in [0.1, 0.15) is 19.0 Å². The summed E-state index contributed by atoms with van der Waals surface area (Å²) in [5.74, 6) is 0.872. The fraction of sp³-hybridized carbons (Fsp3) is 0.286. The Bertz CT molecular complexity index is 477. The predicted molar refractivity (Wildman–Crippen MR) is 64.4 cm³/mol. The Morgan fingerprint density at radius 2 is 1.94 bits per heavy atom. The fourth-order valence-electron chi connectivity index (χ4n) is 1.88. The average molecular weight is 215 g/mol. The highest BCUT2D eigenvalue weighted by Crippen LogP contribution is 2.30. The van der Waals surface area contributed by atoms with Crippen molar-refractivity contribution in [1.29, 1.82) is 0 Å². The van der Waals surface area contributed by atoms with Gasteiger partial charge in [0.05, 0.1) is 0 Å². The van der Waals surface area contributed by atoms with Crippen molar-refractivity contribution in [2.75, 3.05) is 13.2 Å². The summed E-state index contributed by atoms with van der Waals surface area (Å²) in [5, 5.41) is 12.8. The van der Waals surface area contributed by atoms with Gasteiger partial charge in [-0.25, -0.2) is 5.11 Å². The maximum Gasteiger partial charge on any atom is 0.130 e. The molecule has 2 aromatic carbocycles. The molecule has 0 spiro atoms. The van der Waals surface area contributed by atoms with E-state index in [9.17, 15) is 5.11 Å². The van der Waals surface area contributed by atoms with E-state index in [1.54, 1.807) is 0 Å². The van der Waals surface area contributed by atoms with Crippen molar-refractivity contribution in [3.63, 3.8) is 0 Å². The molecule has 0 N–H and O–H groups in total. The molecule has 0 aromatic heterocycles. The van der Waals surface area contributed by atoms with Crippen molar-refractivity contribution >= 4 is 10.8 Å². The molecule has 2 rings (SSSR count). The van der Waals surface area contributed by atoms with Gasteiger partial charge >= 0.3 is 0 Å². The maximum atomic E-state index is 10.5. The van der Waals surface area contributed by atoms with Crippen LogP contribution in [0, 0.1) is 0 Å². The van der Waals surface area contributed by atoms with Gasteiger partial charge in [-0.05, 0) is 17.4 Å². The highest BCUT2D eigenvalue weighted by molar-refractivity contribution is 5.89. The molecule has 2 heteroatoms. The first kappa shape index (κ1) is 11.0. The van der Waals surface area contributed by atoms with Gasteiger partial charge in [0, 0.05) is 5.39 Å². The number of fused-ring (bicyclic) bond motifs is 1. The van der Waals surface area contributed by atoms with Crippen LogP contribution < -0.4 is 4.74 Å². The highest BCUT2D eigenvalue weighted by atomic mass is 16.5. The van der Waals surface area contributed by atoms with E-state index in [0.717, 1.165) is 28.5 Å². The molecule has 2 nitrogen and oxygen atoms in total. The third-order valence-electron chi connectivity index (χ3n) is 2.67. The quantitative estimate of drug-likeness (QED) is 0.770. The maximum absolute atomic E-state index is 10.5. The number of hydrogen-bond donors (Lipinski definition) is 0. The van der Waals surface area contributed by atoms with Crippen LogP contribution in [0.2, 0.25) is 0 Å². The summed E-state index contributed by atoms with van der Waals surface area (Å²) in [6, 6.07) is 12.3. The molecule has 83 valence electrons. The van der Waals surface area contributed by atoms with Crippen LogP contribution in [0.5, 0.6) is 5.75 Å². The Morgan fingerprint density at radius 3 is 2.69 bits per heavy atom. The number of aryl methyl sites for hydroxylation is 1. The minimum atomic E-state index is -0.202. The zero-order chi connectivity index (χ0) is 11.4. The second kappa shape index (κ2) is 4.99. The van der Waals surface area contributed by atoms with Crippen molar-refractivity contribution < 1.29 is 9.84 Å². The molecule has 0 aliphatic carbocycles. The van der Waals surface area contributed by atoms with Crippen LogP contribution in [-0.4, -0.2) is 13.2 Å². The van der Waals surface area contributed by atoms with Crippen LogP contribution in [0.15, 0.2) is 36.4 Å². The zero-order valence-electron chi connectivity index (χ0n) is 9.40. The van der Waals surface area contributed by atoms with Gasteiger partial charge in [0.15, 0.2) is 0 Å². The van der Waals surface area contributed by atoms with Crippen molar-refractivity contribution in [3.8, 4) is 5.75 Å². The average Bonchev–Trinajstić information content (AvgIpc) is 2.35. The summed E-state index contributed by atoms with van der Waals surface area (Å²) < 4.78 is 5.58. The lowest BCUT2D eigenvalue weighted by molar-refractivity contribution is 0.138. The fourth-order valence-corrected chi connectivity index (χ4v) is 1.88. The highest BCUT2D eigenvalue weighted by Gasteiger charge is 2.07. The minimum Gasteiger partial charge on any atom is -0.490 e. The molecule has 0 saturated heterocycles. The van der Waals surface area contributed by atoms with E-state index >= 15 is 0 Å². The molecule has 0 fully saturated rings. The molecule has 0 aliphatic rings. The SMILES string of the molecule is CCc1ccc2ccccc2c1OCC[O]. The van der Waals surface area contributed by atoms with Crippen LogP contribution in [0.4, 0.5) is 0 Å². The lowest BCUT2D eigenvalue weighted by atomic mass is 10.0. The molecule has 0 unspecified atom stereocenters. The van der Waals surface area contributed by atoms with Gasteiger partial charge in [0.2, 0.25) is 0 Å². The van der Waals surface area contributed by atoms with E-state index in [1.807, 2.05) is 18.2 Å². The standard InChI is InChI=1S/C14H15O2/c1-2-11-7-8-12-5-3-4-6-13(12)14(11)16-10-9-15/h3-8H,2,9-10H2,1H3. The van der Waals surface area contributed by atoms with Crippen LogP contribution >= 0.6 is 0 Å². The first-order valence-corrected chi connectivity index (χ1v) is 5.58. The number of ether oxygens (including phenoxy) is 1. The Morgan fingerprint density at radius 1 is 1.12 bits per heavy atom. The van der Waals surface area contributed by atoms with Crippen molar-refractivity contribution in [1.82, 2.24) is 0 Å². The normalized spacial score (nSPS) is 10.6. The second-order valence-corrected chi connectivity index (χ2v) is 3.68. The zero-order valence-corrected chi connectivity index (χ0v) is 9.40. The third-order valence-corrected chi connectivity index (χ3v) is 2.67. The Balaban J connectivity index is 2.54. The van der Waals surface area contributed by atoms with Crippen molar-refractivity contribution in [3.05, 3.63) is 42.0 Å².